The van der Waals surface area contributed by atoms with Crippen molar-refractivity contribution in [2.24, 2.45) is 0 Å². The standard InChI is InChI=1S/C14H15ClN2OS/c1-8-3-6-13(19-8)9(2)17-14(18)11-7-10(16)4-5-12(11)15/h3-7,9H,16H2,1-2H3,(H,17,18). The van der Waals surface area contributed by atoms with Crippen LogP contribution in [-0.4, -0.2) is 5.91 Å². The summed E-state index contributed by atoms with van der Waals surface area (Å²) in [5.41, 5.74) is 6.60. The molecule has 0 fully saturated rings. The lowest BCUT2D eigenvalue weighted by molar-refractivity contribution is 0.0940. The second-order valence-electron chi connectivity index (χ2n) is 4.38. The molecule has 1 unspecified atom stereocenters. The molecule has 0 bridgehead atoms. The van der Waals surface area contributed by atoms with Gasteiger partial charge in [0.1, 0.15) is 0 Å². The third-order valence-corrected chi connectivity index (χ3v) is 4.28. The van der Waals surface area contributed by atoms with Gasteiger partial charge in [0.15, 0.2) is 0 Å². The van der Waals surface area contributed by atoms with Gasteiger partial charge in [0.25, 0.3) is 5.91 Å². The molecular formula is C14H15ClN2OS. The SMILES string of the molecule is Cc1ccc(C(C)NC(=O)c2cc(N)ccc2Cl)s1. The number of nitrogens with one attached hydrogen (secondary N) is 1. The van der Waals surface area contributed by atoms with Crippen molar-refractivity contribution in [1.82, 2.24) is 5.32 Å². The molecule has 1 aromatic heterocycles. The summed E-state index contributed by atoms with van der Waals surface area (Å²) in [4.78, 5) is 14.5. The van der Waals surface area contributed by atoms with Gasteiger partial charge in [-0.3, -0.25) is 4.79 Å². The van der Waals surface area contributed by atoms with E-state index >= 15 is 0 Å². The molecule has 0 saturated heterocycles. The number of hydrogen-bond donors (Lipinski definition) is 2. The van der Waals surface area contributed by atoms with E-state index in [1.807, 2.05) is 26.0 Å². The van der Waals surface area contributed by atoms with Crippen molar-refractivity contribution in [3.8, 4) is 0 Å². The molecule has 1 heterocycles. The molecule has 1 aromatic carbocycles. The normalized spacial score (nSPS) is 12.2. The summed E-state index contributed by atoms with van der Waals surface area (Å²) in [7, 11) is 0. The van der Waals surface area contributed by atoms with Crippen LogP contribution in [0.15, 0.2) is 30.3 Å². The number of amides is 1. The zero-order valence-corrected chi connectivity index (χ0v) is 12.3. The number of halogens is 1. The summed E-state index contributed by atoms with van der Waals surface area (Å²) in [6.45, 7) is 3.99. The Balaban J connectivity index is 2.15. The van der Waals surface area contributed by atoms with Crippen LogP contribution in [0.5, 0.6) is 0 Å². The maximum absolute atomic E-state index is 12.2. The van der Waals surface area contributed by atoms with E-state index in [1.54, 1.807) is 29.5 Å². The minimum Gasteiger partial charge on any atom is -0.399 e. The van der Waals surface area contributed by atoms with Crippen molar-refractivity contribution in [2.75, 3.05) is 5.73 Å². The summed E-state index contributed by atoms with van der Waals surface area (Å²) in [5.74, 6) is -0.212. The van der Waals surface area contributed by atoms with Crippen LogP contribution < -0.4 is 11.1 Å². The third-order valence-electron chi connectivity index (χ3n) is 2.77. The molecule has 5 heteroatoms. The maximum Gasteiger partial charge on any atom is 0.253 e. The number of thiophene rings is 1. The smallest absolute Gasteiger partial charge is 0.253 e. The molecule has 3 N–H and O–H groups in total. The lowest BCUT2D eigenvalue weighted by Gasteiger charge is -2.13. The van der Waals surface area contributed by atoms with E-state index in [0.717, 1.165) is 4.88 Å². The maximum atomic E-state index is 12.2. The average Bonchev–Trinajstić information content (AvgIpc) is 2.79. The zero-order valence-electron chi connectivity index (χ0n) is 10.7. The minimum atomic E-state index is -0.212. The van der Waals surface area contributed by atoms with Gasteiger partial charge in [-0.1, -0.05) is 11.6 Å². The molecule has 0 saturated carbocycles. The first-order valence-corrected chi connectivity index (χ1v) is 7.09. The first-order valence-electron chi connectivity index (χ1n) is 5.89. The molecule has 0 radical (unpaired) electrons. The van der Waals surface area contributed by atoms with Crippen LogP contribution in [0.1, 0.15) is 33.1 Å². The van der Waals surface area contributed by atoms with Crippen molar-refractivity contribution in [2.45, 2.75) is 19.9 Å². The fourth-order valence-corrected chi connectivity index (χ4v) is 2.83. The van der Waals surface area contributed by atoms with E-state index in [4.69, 9.17) is 17.3 Å². The summed E-state index contributed by atoms with van der Waals surface area (Å²) >= 11 is 7.68. The zero-order chi connectivity index (χ0) is 14.0. The van der Waals surface area contributed by atoms with E-state index in [9.17, 15) is 4.79 Å². The Morgan fingerprint density at radius 2 is 2.11 bits per heavy atom. The van der Waals surface area contributed by atoms with E-state index in [-0.39, 0.29) is 11.9 Å². The van der Waals surface area contributed by atoms with Crippen LogP contribution in [0.2, 0.25) is 5.02 Å². The van der Waals surface area contributed by atoms with E-state index in [2.05, 4.69) is 5.32 Å². The number of nitrogen functional groups attached to an aromatic ring is 1. The number of nitrogens with two attached hydrogens (primary N) is 1. The average molecular weight is 295 g/mol. The van der Waals surface area contributed by atoms with Gasteiger partial charge in [0.05, 0.1) is 16.6 Å². The van der Waals surface area contributed by atoms with E-state index in [0.29, 0.717) is 16.3 Å². The Morgan fingerprint density at radius 3 is 2.74 bits per heavy atom. The van der Waals surface area contributed by atoms with Gasteiger partial charge in [-0.25, -0.2) is 0 Å². The van der Waals surface area contributed by atoms with Crippen LogP contribution in [0.3, 0.4) is 0 Å². The molecule has 0 aliphatic heterocycles. The van der Waals surface area contributed by atoms with Crippen molar-refractivity contribution < 1.29 is 4.79 Å². The van der Waals surface area contributed by atoms with Gasteiger partial charge in [-0.2, -0.15) is 0 Å². The fraction of sp³-hybridized carbons (Fsp3) is 0.214. The second-order valence-corrected chi connectivity index (χ2v) is 6.11. The molecule has 0 aliphatic carbocycles. The Kier molecular flexibility index (Phi) is 4.12. The van der Waals surface area contributed by atoms with Gasteiger partial charge >= 0.3 is 0 Å². The van der Waals surface area contributed by atoms with Crippen LogP contribution >= 0.6 is 22.9 Å². The molecule has 3 nitrogen and oxygen atoms in total. The highest BCUT2D eigenvalue weighted by atomic mass is 35.5. The molecule has 0 spiro atoms. The Hall–Kier alpha value is -1.52. The number of carbonyl (C=O) groups excluding carboxylic acids is 1. The van der Waals surface area contributed by atoms with Gasteiger partial charge in [-0.05, 0) is 44.2 Å². The Bertz CT molecular complexity index is 609. The summed E-state index contributed by atoms with van der Waals surface area (Å²) in [5, 5.41) is 3.33. The van der Waals surface area contributed by atoms with Gasteiger partial charge in [0, 0.05) is 15.4 Å². The van der Waals surface area contributed by atoms with E-state index < -0.39 is 0 Å². The molecule has 1 atom stereocenters. The van der Waals surface area contributed by atoms with Crippen molar-refractivity contribution in [3.05, 3.63) is 50.7 Å². The predicted molar refractivity (Wildman–Crippen MR) is 80.8 cm³/mol. The number of carbonyl (C=O) groups is 1. The molecule has 2 rings (SSSR count). The third kappa shape index (κ3) is 3.28. The number of rotatable bonds is 3. The minimum absolute atomic E-state index is 0.0521. The Morgan fingerprint density at radius 1 is 1.37 bits per heavy atom. The first kappa shape index (κ1) is 13.9. The van der Waals surface area contributed by atoms with Gasteiger partial charge in [-0.15, -0.1) is 11.3 Å². The number of hydrogen-bond acceptors (Lipinski definition) is 3. The van der Waals surface area contributed by atoms with Gasteiger partial charge in [0.2, 0.25) is 0 Å². The quantitative estimate of drug-likeness (QED) is 0.846. The second kappa shape index (κ2) is 5.63. The number of aryl methyl sites for hydroxylation is 1. The monoisotopic (exact) mass is 294 g/mol. The molecule has 0 aliphatic rings. The van der Waals surface area contributed by atoms with Crippen LogP contribution in [0.25, 0.3) is 0 Å². The highest BCUT2D eigenvalue weighted by Gasteiger charge is 2.15. The lowest BCUT2D eigenvalue weighted by atomic mass is 10.1. The van der Waals surface area contributed by atoms with Crippen molar-refractivity contribution in [1.29, 1.82) is 0 Å². The molecular weight excluding hydrogens is 280 g/mol. The largest absolute Gasteiger partial charge is 0.399 e. The number of anilines is 1. The fourth-order valence-electron chi connectivity index (χ4n) is 1.75. The number of benzene rings is 1. The van der Waals surface area contributed by atoms with Crippen LogP contribution in [-0.2, 0) is 0 Å². The van der Waals surface area contributed by atoms with Crippen molar-refractivity contribution >= 4 is 34.5 Å². The molecule has 2 aromatic rings. The summed E-state index contributed by atoms with van der Waals surface area (Å²) < 4.78 is 0. The highest BCUT2D eigenvalue weighted by molar-refractivity contribution is 7.12. The topological polar surface area (TPSA) is 55.1 Å². The molecule has 100 valence electrons. The van der Waals surface area contributed by atoms with Crippen LogP contribution in [0.4, 0.5) is 5.69 Å². The first-order chi connectivity index (χ1) is 8.97. The van der Waals surface area contributed by atoms with E-state index in [1.165, 1.54) is 4.88 Å². The highest BCUT2D eigenvalue weighted by Crippen LogP contribution is 2.24. The van der Waals surface area contributed by atoms with Crippen molar-refractivity contribution in [3.63, 3.8) is 0 Å². The lowest BCUT2D eigenvalue weighted by Crippen LogP contribution is -2.26. The summed E-state index contributed by atoms with van der Waals surface area (Å²) in [6.07, 6.45) is 0. The molecule has 19 heavy (non-hydrogen) atoms. The Labute approximate surface area is 121 Å². The van der Waals surface area contributed by atoms with Gasteiger partial charge < -0.3 is 11.1 Å². The summed E-state index contributed by atoms with van der Waals surface area (Å²) in [6, 6.07) is 8.90. The van der Waals surface area contributed by atoms with Crippen LogP contribution in [0, 0.1) is 6.92 Å². The molecule has 1 amide bonds. The predicted octanol–water partition coefficient (Wildman–Crippen LogP) is 3.78.